The van der Waals surface area contributed by atoms with Gasteiger partial charge in [0.25, 0.3) is 0 Å². The number of piperazine rings is 1. The second kappa shape index (κ2) is 9.66. The Morgan fingerprint density at radius 3 is 2.32 bits per heavy atom. The summed E-state index contributed by atoms with van der Waals surface area (Å²) in [5.41, 5.74) is 3.19. The number of carbonyl (C=O) groups is 1. The maximum absolute atomic E-state index is 13.1. The number of nitrogens with zero attached hydrogens (tertiary/aromatic N) is 5. The Morgan fingerprint density at radius 1 is 1.00 bits per heavy atom. The van der Waals surface area contributed by atoms with Crippen LogP contribution in [0, 0.1) is 6.92 Å². The van der Waals surface area contributed by atoms with Gasteiger partial charge in [0.1, 0.15) is 0 Å². The van der Waals surface area contributed by atoms with E-state index in [-0.39, 0.29) is 11.2 Å². The van der Waals surface area contributed by atoms with E-state index in [0.717, 1.165) is 55.0 Å². The van der Waals surface area contributed by atoms with Crippen LogP contribution in [0.4, 0.5) is 0 Å². The number of aromatic nitrogens is 3. The lowest BCUT2D eigenvalue weighted by Gasteiger charge is -2.35. The van der Waals surface area contributed by atoms with E-state index in [1.54, 1.807) is 0 Å². The fourth-order valence-corrected chi connectivity index (χ4v) is 4.75. The van der Waals surface area contributed by atoms with E-state index in [4.69, 9.17) is 0 Å². The van der Waals surface area contributed by atoms with Crippen LogP contribution in [0.2, 0.25) is 0 Å². The first-order chi connectivity index (χ1) is 15.1. The molecule has 1 saturated heterocycles. The Labute approximate surface area is 188 Å². The summed E-state index contributed by atoms with van der Waals surface area (Å²) in [7, 11) is 0. The molecule has 7 heteroatoms. The first-order valence-corrected chi connectivity index (χ1v) is 11.7. The molecule has 0 radical (unpaired) electrons. The molecule has 1 aliphatic heterocycles. The molecular formula is C24H29N5OS. The van der Waals surface area contributed by atoms with Crippen LogP contribution in [0.25, 0.3) is 17.1 Å². The molecule has 31 heavy (non-hydrogen) atoms. The van der Waals surface area contributed by atoms with Crippen LogP contribution in [0.1, 0.15) is 19.4 Å². The number of benzene rings is 2. The van der Waals surface area contributed by atoms with Crippen LogP contribution >= 0.6 is 11.8 Å². The third-order valence-electron chi connectivity index (χ3n) is 5.72. The average Bonchev–Trinajstić information content (AvgIpc) is 3.23. The number of hydrogen-bond donors (Lipinski definition) is 0. The van der Waals surface area contributed by atoms with Crippen molar-refractivity contribution in [1.29, 1.82) is 0 Å². The van der Waals surface area contributed by atoms with E-state index in [9.17, 15) is 4.79 Å². The maximum Gasteiger partial charge on any atom is 0.235 e. The first kappa shape index (κ1) is 21.6. The number of carbonyl (C=O) groups excluding carboxylic acids is 1. The lowest BCUT2D eigenvalue weighted by Crippen LogP contribution is -2.50. The first-order valence-electron chi connectivity index (χ1n) is 10.8. The van der Waals surface area contributed by atoms with Gasteiger partial charge in [-0.05, 0) is 32.5 Å². The van der Waals surface area contributed by atoms with Gasteiger partial charge in [-0.3, -0.25) is 9.36 Å². The normalized spacial score (nSPS) is 15.8. The third kappa shape index (κ3) is 4.83. The Kier molecular flexibility index (Phi) is 6.73. The summed E-state index contributed by atoms with van der Waals surface area (Å²) < 4.78 is 2.05. The molecule has 3 aromatic rings. The molecule has 4 rings (SSSR count). The molecule has 0 spiro atoms. The van der Waals surface area contributed by atoms with Gasteiger partial charge < -0.3 is 9.80 Å². The minimum atomic E-state index is -0.231. The molecule has 6 nitrogen and oxygen atoms in total. The molecule has 0 N–H and O–H groups in total. The van der Waals surface area contributed by atoms with Crippen LogP contribution in [0.15, 0.2) is 59.8 Å². The lowest BCUT2D eigenvalue weighted by molar-refractivity contribution is -0.132. The zero-order valence-corrected chi connectivity index (χ0v) is 19.2. The molecule has 162 valence electrons. The Morgan fingerprint density at radius 2 is 1.68 bits per heavy atom. The summed E-state index contributed by atoms with van der Waals surface area (Å²) in [5, 5.41) is 9.47. The number of amides is 1. The predicted octanol–water partition coefficient (Wildman–Crippen LogP) is 3.89. The van der Waals surface area contributed by atoms with Gasteiger partial charge in [0.2, 0.25) is 5.91 Å². The van der Waals surface area contributed by atoms with Gasteiger partial charge in [0.15, 0.2) is 11.0 Å². The molecule has 1 aliphatic rings. The highest BCUT2D eigenvalue weighted by Crippen LogP contribution is 2.31. The van der Waals surface area contributed by atoms with E-state index in [1.807, 2.05) is 42.2 Å². The molecule has 1 aromatic heterocycles. The highest BCUT2D eigenvalue weighted by atomic mass is 32.2. The van der Waals surface area contributed by atoms with Crippen LogP contribution in [0.3, 0.4) is 0 Å². The van der Waals surface area contributed by atoms with E-state index < -0.39 is 0 Å². The van der Waals surface area contributed by atoms with E-state index >= 15 is 0 Å². The van der Waals surface area contributed by atoms with Crippen molar-refractivity contribution in [3.63, 3.8) is 0 Å². The molecule has 1 fully saturated rings. The fraction of sp³-hybridized carbons (Fsp3) is 0.375. The van der Waals surface area contributed by atoms with Gasteiger partial charge in [-0.1, -0.05) is 66.7 Å². The van der Waals surface area contributed by atoms with E-state index in [1.165, 1.54) is 17.3 Å². The number of rotatable bonds is 6. The molecule has 2 aromatic carbocycles. The highest BCUT2D eigenvalue weighted by Gasteiger charge is 2.27. The largest absolute Gasteiger partial charge is 0.339 e. The molecule has 0 bridgehead atoms. The average molecular weight is 436 g/mol. The maximum atomic E-state index is 13.1. The van der Waals surface area contributed by atoms with Crippen molar-refractivity contribution >= 4 is 17.7 Å². The summed E-state index contributed by atoms with van der Waals surface area (Å²) in [6.07, 6.45) is 0. The summed E-state index contributed by atoms with van der Waals surface area (Å²) >= 11 is 1.48. The van der Waals surface area contributed by atoms with Crippen molar-refractivity contribution < 1.29 is 4.79 Å². The lowest BCUT2D eigenvalue weighted by atomic mass is 10.2. The summed E-state index contributed by atoms with van der Waals surface area (Å²) in [5.74, 6) is 0.948. The van der Waals surface area contributed by atoms with Crippen LogP contribution in [-0.4, -0.2) is 68.4 Å². The van der Waals surface area contributed by atoms with Crippen LogP contribution in [-0.2, 0) is 4.79 Å². The van der Waals surface area contributed by atoms with Gasteiger partial charge >= 0.3 is 0 Å². The monoisotopic (exact) mass is 435 g/mol. The zero-order chi connectivity index (χ0) is 21.8. The van der Waals surface area contributed by atoms with Crippen molar-refractivity contribution in [3.05, 3.63) is 60.2 Å². The molecule has 2 heterocycles. The zero-order valence-electron chi connectivity index (χ0n) is 18.4. The van der Waals surface area contributed by atoms with Gasteiger partial charge in [-0.2, -0.15) is 0 Å². The smallest absolute Gasteiger partial charge is 0.235 e. The second-order valence-electron chi connectivity index (χ2n) is 7.86. The number of aryl methyl sites for hydroxylation is 1. The minimum Gasteiger partial charge on any atom is -0.339 e. The van der Waals surface area contributed by atoms with Gasteiger partial charge in [-0.25, -0.2) is 0 Å². The second-order valence-corrected chi connectivity index (χ2v) is 9.17. The third-order valence-corrected chi connectivity index (χ3v) is 6.75. The van der Waals surface area contributed by atoms with Crippen LogP contribution in [0.5, 0.6) is 0 Å². The molecule has 0 unspecified atom stereocenters. The predicted molar refractivity (Wildman–Crippen MR) is 126 cm³/mol. The Balaban J connectivity index is 1.60. The van der Waals surface area contributed by atoms with Gasteiger partial charge in [0.05, 0.1) is 5.25 Å². The molecule has 1 amide bonds. The van der Waals surface area contributed by atoms with Gasteiger partial charge in [0, 0.05) is 37.4 Å². The van der Waals surface area contributed by atoms with Gasteiger partial charge in [-0.15, -0.1) is 10.2 Å². The number of hydrogen-bond acceptors (Lipinski definition) is 5. The molecule has 0 aliphatic carbocycles. The SMILES string of the molecule is CCN1CCN(C(=O)[C@@H](C)Sc2nnc(-c3ccccc3)n2-c2ccc(C)cc2)CC1. The topological polar surface area (TPSA) is 54.3 Å². The fourth-order valence-electron chi connectivity index (χ4n) is 3.80. The molecule has 0 saturated carbocycles. The number of thioether (sulfide) groups is 1. The van der Waals surface area contributed by atoms with Crippen molar-refractivity contribution in [2.24, 2.45) is 0 Å². The van der Waals surface area contributed by atoms with Crippen molar-refractivity contribution in [2.75, 3.05) is 32.7 Å². The molecule has 1 atom stereocenters. The van der Waals surface area contributed by atoms with Crippen molar-refractivity contribution in [1.82, 2.24) is 24.6 Å². The summed E-state index contributed by atoms with van der Waals surface area (Å²) in [6, 6.07) is 18.4. The van der Waals surface area contributed by atoms with E-state index in [0.29, 0.717) is 0 Å². The van der Waals surface area contributed by atoms with Crippen LogP contribution < -0.4 is 0 Å². The quantitative estimate of drug-likeness (QED) is 0.550. The summed E-state index contributed by atoms with van der Waals surface area (Å²) in [4.78, 5) is 17.5. The Hall–Kier alpha value is -2.64. The highest BCUT2D eigenvalue weighted by molar-refractivity contribution is 8.00. The summed E-state index contributed by atoms with van der Waals surface area (Å²) in [6.45, 7) is 10.7. The molecular weight excluding hydrogens is 406 g/mol. The van der Waals surface area contributed by atoms with Crippen molar-refractivity contribution in [2.45, 2.75) is 31.2 Å². The minimum absolute atomic E-state index is 0.167. The van der Waals surface area contributed by atoms with E-state index in [2.05, 4.69) is 57.8 Å². The standard InChI is InChI=1S/C24H29N5OS/c1-4-27-14-16-28(17-15-27)23(30)19(3)31-24-26-25-22(20-8-6-5-7-9-20)29(24)21-12-10-18(2)11-13-21/h5-13,19H,4,14-17H2,1-3H3/t19-/m1/s1. The van der Waals surface area contributed by atoms with Crippen molar-refractivity contribution in [3.8, 4) is 17.1 Å². The number of likely N-dealkylation sites (N-methyl/N-ethyl adjacent to an activating group) is 1. The Bertz CT molecular complexity index is 1010.